The number of carbonyl (C=O) groups excluding carboxylic acids is 2. The largest absolute Gasteiger partial charge is 0.477 e. The number of aromatic amines is 2. The average Bonchev–Trinajstić information content (AvgIpc) is 3.47. The van der Waals surface area contributed by atoms with Gasteiger partial charge in [-0.25, -0.2) is 9.59 Å². The third-order valence-electron chi connectivity index (χ3n) is 4.44. The molecule has 0 saturated heterocycles. The van der Waals surface area contributed by atoms with Gasteiger partial charge < -0.3 is 20.8 Å². The number of H-pyrrole nitrogens is 2. The predicted octanol–water partition coefficient (Wildman–Crippen LogP) is 5.32. The van der Waals surface area contributed by atoms with Crippen LogP contribution in [0, 0.1) is 0 Å². The smallest absolute Gasteiger partial charge is 0.355 e. The van der Waals surface area contributed by atoms with Crippen LogP contribution in [0.15, 0.2) is 54.6 Å². The molecule has 0 fully saturated rings. The Morgan fingerprint density at radius 2 is 1.26 bits per heavy atom. The summed E-state index contributed by atoms with van der Waals surface area (Å²) < 4.78 is 0. The number of hydrogen-bond donors (Lipinski definition) is 6. The van der Waals surface area contributed by atoms with Crippen LogP contribution < -0.4 is 10.6 Å². The number of hydrogen-bond acceptors (Lipinski definition) is 6. The molecule has 0 bridgehead atoms. The highest BCUT2D eigenvalue weighted by molar-refractivity contribution is 6.37. The van der Waals surface area contributed by atoms with Crippen LogP contribution in [0.3, 0.4) is 0 Å². The second kappa shape index (κ2) is 13.2. The fourth-order valence-electron chi connectivity index (χ4n) is 2.70. The Hall–Kier alpha value is -4.39. The van der Waals surface area contributed by atoms with Crippen molar-refractivity contribution in [2.75, 3.05) is 10.6 Å². The third kappa shape index (κ3) is 7.32. The van der Waals surface area contributed by atoms with E-state index in [4.69, 9.17) is 45.0 Å². The van der Waals surface area contributed by atoms with Crippen LogP contribution in [-0.2, 0) is 0 Å². The predicted molar refractivity (Wildman–Crippen MR) is 142 cm³/mol. The van der Waals surface area contributed by atoms with E-state index in [1.165, 1.54) is 12.1 Å². The van der Waals surface area contributed by atoms with E-state index in [0.717, 1.165) is 0 Å². The molecule has 198 valence electrons. The normalized spacial score (nSPS) is 9.87. The monoisotopic (exact) mass is 580 g/mol. The molecule has 0 radical (unpaired) electrons. The van der Waals surface area contributed by atoms with Crippen LogP contribution in [0.5, 0.6) is 0 Å². The molecule has 0 saturated carbocycles. The number of anilines is 2. The van der Waals surface area contributed by atoms with E-state index in [1.807, 2.05) is 0 Å². The van der Waals surface area contributed by atoms with Gasteiger partial charge >= 0.3 is 11.9 Å². The highest BCUT2D eigenvalue weighted by Crippen LogP contribution is 2.24. The van der Waals surface area contributed by atoms with Crippen molar-refractivity contribution in [3.63, 3.8) is 0 Å². The number of aromatic carboxylic acids is 2. The van der Waals surface area contributed by atoms with Gasteiger partial charge in [0.2, 0.25) is 0 Å². The summed E-state index contributed by atoms with van der Waals surface area (Å²) >= 11 is 17.5. The summed E-state index contributed by atoms with van der Waals surface area (Å²) in [6.07, 6.45) is 0. The van der Waals surface area contributed by atoms with Gasteiger partial charge in [0.05, 0.1) is 21.2 Å². The van der Waals surface area contributed by atoms with E-state index in [2.05, 4.69) is 31.0 Å². The van der Waals surface area contributed by atoms with Gasteiger partial charge in [0.1, 0.15) is 10.7 Å². The third-order valence-corrected chi connectivity index (χ3v) is 5.47. The van der Waals surface area contributed by atoms with Crippen LogP contribution >= 0.6 is 34.8 Å². The zero-order chi connectivity index (χ0) is 27.1. The highest BCUT2D eigenvalue weighted by Gasteiger charge is 2.19. The molecule has 6 N–H and O–H groups in total. The zero-order valence-corrected chi connectivity index (χ0v) is 20.5. The Morgan fingerprint density at radius 1 is 0.737 bits per heavy atom. The molecule has 12 nitrogen and oxygen atoms in total. The molecular weight excluding hydrogens is 563 g/mol. The quantitative estimate of drug-likeness (QED) is 0.176. The van der Waals surface area contributed by atoms with Gasteiger partial charge in [-0.05, 0) is 24.3 Å². The molecule has 2 aromatic heterocycles. The van der Waals surface area contributed by atoms with Crippen molar-refractivity contribution in [3.05, 3.63) is 92.2 Å². The molecule has 2 heterocycles. The summed E-state index contributed by atoms with van der Waals surface area (Å²) in [5, 5.41) is 34.5. The van der Waals surface area contributed by atoms with E-state index in [-0.39, 0.29) is 46.1 Å². The molecule has 0 aliphatic heterocycles. The number of rotatable bonds is 6. The van der Waals surface area contributed by atoms with E-state index in [0.29, 0.717) is 10.6 Å². The molecule has 4 rings (SSSR count). The first-order chi connectivity index (χ1) is 17.6. The molecule has 4 aromatic rings. The molecule has 15 heteroatoms. The van der Waals surface area contributed by atoms with Crippen molar-refractivity contribution in [3.8, 4) is 0 Å². The fourth-order valence-corrected chi connectivity index (χ4v) is 3.35. The number of halogens is 3. The second-order valence-corrected chi connectivity index (χ2v) is 8.10. The van der Waals surface area contributed by atoms with Crippen molar-refractivity contribution in [1.29, 1.82) is 0 Å². The van der Waals surface area contributed by atoms with Crippen LogP contribution in [0.2, 0.25) is 15.1 Å². The SMILES string of the molecule is C.O=C(Nc1n[nH]c(C(=O)O)c1Cl)c1ccccc1Cl.O=C(O)c1cc(NC(=O)c2ccccc2Cl)n[nH]1. The van der Waals surface area contributed by atoms with Crippen molar-refractivity contribution >= 4 is 70.2 Å². The lowest BCUT2D eigenvalue weighted by molar-refractivity contribution is 0.0680. The van der Waals surface area contributed by atoms with Gasteiger partial charge in [0.15, 0.2) is 17.3 Å². The van der Waals surface area contributed by atoms with E-state index in [1.54, 1.807) is 42.5 Å². The Labute approximate surface area is 229 Å². The van der Waals surface area contributed by atoms with Crippen molar-refractivity contribution in [2.24, 2.45) is 0 Å². The maximum absolute atomic E-state index is 11.9. The van der Waals surface area contributed by atoms with Gasteiger partial charge in [-0.1, -0.05) is 66.5 Å². The first-order valence-electron chi connectivity index (χ1n) is 9.96. The maximum Gasteiger partial charge on any atom is 0.355 e. The first kappa shape index (κ1) is 29.8. The van der Waals surface area contributed by atoms with Gasteiger partial charge in [-0.3, -0.25) is 19.8 Å². The van der Waals surface area contributed by atoms with Gasteiger partial charge in [-0.2, -0.15) is 10.2 Å². The first-order valence-corrected chi connectivity index (χ1v) is 11.1. The van der Waals surface area contributed by atoms with Crippen LogP contribution in [0.4, 0.5) is 11.6 Å². The van der Waals surface area contributed by atoms with Crippen molar-refractivity contribution in [1.82, 2.24) is 20.4 Å². The molecular formula is C23H19Cl3N6O6. The molecule has 38 heavy (non-hydrogen) atoms. The summed E-state index contributed by atoms with van der Waals surface area (Å²) in [5.41, 5.74) is 0.125. The van der Waals surface area contributed by atoms with Crippen molar-refractivity contribution in [2.45, 2.75) is 7.43 Å². The van der Waals surface area contributed by atoms with E-state index >= 15 is 0 Å². The summed E-state index contributed by atoms with van der Waals surface area (Å²) in [7, 11) is 0. The van der Waals surface area contributed by atoms with Gasteiger partial charge in [-0.15, -0.1) is 0 Å². The molecule has 0 aliphatic rings. The second-order valence-electron chi connectivity index (χ2n) is 6.91. The number of aromatic nitrogens is 4. The minimum absolute atomic E-state index is 0. The lowest BCUT2D eigenvalue weighted by atomic mass is 10.2. The van der Waals surface area contributed by atoms with Crippen LogP contribution in [0.1, 0.15) is 49.1 Å². The van der Waals surface area contributed by atoms with E-state index in [9.17, 15) is 19.2 Å². The molecule has 0 unspecified atom stereocenters. The Balaban J connectivity index is 0.000000260. The average molecular weight is 582 g/mol. The van der Waals surface area contributed by atoms with Crippen LogP contribution in [-0.4, -0.2) is 54.4 Å². The fraction of sp³-hybridized carbons (Fsp3) is 0.0435. The number of nitrogens with zero attached hydrogens (tertiary/aromatic N) is 2. The Bertz CT molecular complexity index is 1490. The standard InChI is InChI=1S/C11H7Cl2N3O3.C11H8ClN3O3.CH4/c12-6-4-2-1-3-5(6)10(17)14-9-7(13)8(11(18)19)15-16-9;12-7-4-2-1-3-6(7)10(16)13-9-5-8(11(17)18)14-15-9;/h1-4H,(H,18,19)(H2,14,15,16,17);1-5H,(H,17,18)(H2,13,14,15,16);1H4. The maximum atomic E-state index is 11.9. The molecule has 2 aromatic carbocycles. The number of carbonyl (C=O) groups is 4. The summed E-state index contributed by atoms with van der Waals surface area (Å²) in [4.78, 5) is 45.1. The lowest BCUT2D eigenvalue weighted by Crippen LogP contribution is -2.13. The summed E-state index contributed by atoms with van der Waals surface area (Å²) in [6.45, 7) is 0. The molecule has 2 amide bonds. The van der Waals surface area contributed by atoms with Gasteiger partial charge in [0.25, 0.3) is 11.8 Å². The lowest BCUT2D eigenvalue weighted by Gasteiger charge is -2.04. The summed E-state index contributed by atoms with van der Waals surface area (Å²) in [6, 6.07) is 14.2. The number of carboxylic acids is 2. The number of nitrogens with one attached hydrogen (secondary N) is 4. The minimum Gasteiger partial charge on any atom is -0.477 e. The molecule has 0 spiro atoms. The molecule has 0 aliphatic carbocycles. The highest BCUT2D eigenvalue weighted by atomic mass is 35.5. The zero-order valence-electron chi connectivity index (χ0n) is 18.3. The Kier molecular flexibility index (Phi) is 10.4. The minimum atomic E-state index is -1.27. The molecule has 0 atom stereocenters. The topological polar surface area (TPSA) is 190 Å². The van der Waals surface area contributed by atoms with E-state index < -0.39 is 23.8 Å². The number of benzene rings is 2. The van der Waals surface area contributed by atoms with Crippen LogP contribution in [0.25, 0.3) is 0 Å². The van der Waals surface area contributed by atoms with Crippen molar-refractivity contribution < 1.29 is 29.4 Å². The number of carboxylic acid groups (broad SMARTS) is 2. The number of amides is 2. The Morgan fingerprint density at radius 3 is 1.71 bits per heavy atom. The van der Waals surface area contributed by atoms with Gasteiger partial charge in [0, 0.05) is 6.07 Å². The summed E-state index contributed by atoms with van der Waals surface area (Å²) in [5.74, 6) is -3.35.